The largest absolute Gasteiger partial charge is 0.350 e. The molecule has 0 aliphatic carbocycles. The highest BCUT2D eigenvalue weighted by atomic mass is 35.5. The van der Waals surface area contributed by atoms with E-state index in [2.05, 4.69) is 5.32 Å². The highest BCUT2D eigenvalue weighted by molar-refractivity contribution is 7.92. The van der Waals surface area contributed by atoms with E-state index in [0.29, 0.717) is 21.8 Å². The van der Waals surface area contributed by atoms with Crippen LogP contribution in [0.25, 0.3) is 0 Å². The first kappa shape index (κ1) is 30.2. The zero-order valence-electron chi connectivity index (χ0n) is 23.2. The van der Waals surface area contributed by atoms with Crippen molar-refractivity contribution in [1.29, 1.82) is 0 Å². The Morgan fingerprint density at radius 2 is 1.56 bits per heavy atom. The van der Waals surface area contributed by atoms with E-state index < -0.39 is 34.1 Å². The number of hydrogen-bond donors (Lipinski definition) is 1. The molecule has 2 amide bonds. The standard InChI is InChI=1S/C30H36ClN3O4S/c1-21-16-17-22(2)27(18-21)34(39(37,38)25-13-8-7-9-14-25)20-28(35)33(19-24-12-10-11-15-26(24)31)23(3)29(36)32-30(4,5)6/h7-18,23H,19-20H2,1-6H3,(H,32,36)/t23-/m0/s1. The maximum absolute atomic E-state index is 14.0. The molecule has 3 aromatic carbocycles. The van der Waals surface area contributed by atoms with Gasteiger partial charge in [-0.05, 0) is 82.5 Å². The molecule has 0 saturated carbocycles. The van der Waals surface area contributed by atoms with Crippen LogP contribution in [-0.4, -0.2) is 43.3 Å². The summed E-state index contributed by atoms with van der Waals surface area (Å²) >= 11 is 6.41. The summed E-state index contributed by atoms with van der Waals surface area (Å²) in [6.07, 6.45) is 0. The van der Waals surface area contributed by atoms with E-state index in [1.165, 1.54) is 17.0 Å². The van der Waals surface area contributed by atoms with Crippen LogP contribution in [0.2, 0.25) is 5.02 Å². The number of carbonyl (C=O) groups is 2. The maximum Gasteiger partial charge on any atom is 0.264 e. The van der Waals surface area contributed by atoms with Gasteiger partial charge in [-0.1, -0.05) is 60.1 Å². The van der Waals surface area contributed by atoms with Gasteiger partial charge >= 0.3 is 0 Å². The summed E-state index contributed by atoms with van der Waals surface area (Å²) in [6.45, 7) is 10.4. The Kier molecular flexibility index (Phi) is 9.46. The lowest BCUT2D eigenvalue weighted by molar-refractivity contribution is -0.140. The van der Waals surface area contributed by atoms with Crippen LogP contribution in [0.15, 0.2) is 77.7 Å². The predicted octanol–water partition coefficient (Wildman–Crippen LogP) is 5.48. The summed E-state index contributed by atoms with van der Waals surface area (Å²) in [6, 6.07) is 19.6. The van der Waals surface area contributed by atoms with Gasteiger partial charge in [-0.3, -0.25) is 13.9 Å². The molecule has 0 saturated heterocycles. The molecule has 0 unspecified atom stereocenters. The maximum atomic E-state index is 14.0. The third-order valence-electron chi connectivity index (χ3n) is 6.21. The van der Waals surface area contributed by atoms with Crippen molar-refractivity contribution >= 4 is 39.1 Å². The van der Waals surface area contributed by atoms with Gasteiger partial charge in [0, 0.05) is 17.1 Å². The average molecular weight is 570 g/mol. The molecule has 0 radical (unpaired) electrons. The molecule has 3 aromatic rings. The number of carbonyl (C=O) groups excluding carboxylic acids is 2. The van der Waals surface area contributed by atoms with Gasteiger partial charge in [0.25, 0.3) is 10.0 Å². The molecular weight excluding hydrogens is 534 g/mol. The second-order valence-electron chi connectivity index (χ2n) is 10.6. The number of hydrogen-bond acceptors (Lipinski definition) is 4. The van der Waals surface area contributed by atoms with E-state index >= 15 is 0 Å². The molecule has 7 nitrogen and oxygen atoms in total. The summed E-state index contributed by atoms with van der Waals surface area (Å²) in [5.74, 6) is -0.890. The van der Waals surface area contributed by atoms with Crippen molar-refractivity contribution in [2.45, 2.75) is 64.6 Å². The Hall–Kier alpha value is -3.36. The lowest BCUT2D eigenvalue weighted by Crippen LogP contribution is -2.54. The number of sulfonamides is 1. The van der Waals surface area contributed by atoms with Gasteiger partial charge in [-0.25, -0.2) is 8.42 Å². The summed E-state index contributed by atoms with van der Waals surface area (Å²) in [5, 5.41) is 3.36. The SMILES string of the molecule is Cc1ccc(C)c(N(CC(=O)N(Cc2ccccc2Cl)[C@@H](C)C(=O)NC(C)(C)C)S(=O)(=O)c2ccccc2)c1. The van der Waals surface area contributed by atoms with Crippen molar-refractivity contribution in [2.75, 3.05) is 10.8 Å². The highest BCUT2D eigenvalue weighted by Gasteiger charge is 2.34. The number of amides is 2. The summed E-state index contributed by atoms with van der Waals surface area (Å²) in [4.78, 5) is 28.6. The molecule has 0 spiro atoms. The highest BCUT2D eigenvalue weighted by Crippen LogP contribution is 2.29. The van der Waals surface area contributed by atoms with Crippen LogP contribution in [-0.2, 0) is 26.2 Å². The number of rotatable bonds is 9. The van der Waals surface area contributed by atoms with Crippen LogP contribution in [0.4, 0.5) is 5.69 Å². The lowest BCUT2D eigenvalue weighted by Gasteiger charge is -2.34. The molecule has 9 heteroatoms. The summed E-state index contributed by atoms with van der Waals surface area (Å²) in [7, 11) is -4.12. The topological polar surface area (TPSA) is 86.8 Å². The lowest BCUT2D eigenvalue weighted by atomic mass is 10.1. The molecule has 39 heavy (non-hydrogen) atoms. The first-order chi connectivity index (χ1) is 18.2. The second kappa shape index (κ2) is 12.2. The molecule has 0 aliphatic rings. The van der Waals surface area contributed by atoms with Gasteiger partial charge in [0.05, 0.1) is 10.6 Å². The van der Waals surface area contributed by atoms with E-state index in [1.807, 2.05) is 39.8 Å². The predicted molar refractivity (Wildman–Crippen MR) is 156 cm³/mol. The second-order valence-corrected chi connectivity index (χ2v) is 12.9. The number of halogens is 1. The quantitative estimate of drug-likeness (QED) is 0.369. The third-order valence-corrected chi connectivity index (χ3v) is 8.35. The Balaban J connectivity index is 2.08. The first-order valence-corrected chi connectivity index (χ1v) is 14.5. The van der Waals surface area contributed by atoms with E-state index in [1.54, 1.807) is 62.4 Å². The van der Waals surface area contributed by atoms with Crippen LogP contribution in [0.1, 0.15) is 44.4 Å². The van der Waals surface area contributed by atoms with Gasteiger partial charge in [-0.15, -0.1) is 0 Å². The molecule has 1 N–H and O–H groups in total. The van der Waals surface area contributed by atoms with Crippen molar-refractivity contribution in [3.8, 4) is 0 Å². The van der Waals surface area contributed by atoms with Crippen LogP contribution >= 0.6 is 11.6 Å². The third kappa shape index (κ3) is 7.61. The summed E-state index contributed by atoms with van der Waals surface area (Å²) < 4.78 is 29.0. The molecule has 0 aromatic heterocycles. The number of nitrogens with one attached hydrogen (secondary N) is 1. The van der Waals surface area contributed by atoms with Crippen molar-refractivity contribution in [1.82, 2.24) is 10.2 Å². The normalized spacial score (nSPS) is 12.5. The molecule has 0 bridgehead atoms. The molecule has 1 atom stereocenters. The number of aryl methyl sites for hydroxylation is 2. The van der Waals surface area contributed by atoms with E-state index in [4.69, 9.17) is 11.6 Å². The molecule has 0 aliphatic heterocycles. The van der Waals surface area contributed by atoms with Crippen LogP contribution in [0, 0.1) is 13.8 Å². The minimum atomic E-state index is -4.12. The van der Waals surface area contributed by atoms with Gasteiger partial charge in [0.1, 0.15) is 12.6 Å². The Labute approximate surface area is 236 Å². The van der Waals surface area contributed by atoms with E-state index in [9.17, 15) is 18.0 Å². The van der Waals surface area contributed by atoms with Crippen LogP contribution in [0.3, 0.4) is 0 Å². The number of nitrogens with zero attached hydrogens (tertiary/aromatic N) is 2. The van der Waals surface area contributed by atoms with Crippen LogP contribution in [0.5, 0.6) is 0 Å². The van der Waals surface area contributed by atoms with Gasteiger partial charge in [0.2, 0.25) is 11.8 Å². The van der Waals surface area contributed by atoms with Crippen molar-refractivity contribution < 1.29 is 18.0 Å². The zero-order valence-corrected chi connectivity index (χ0v) is 24.8. The monoisotopic (exact) mass is 569 g/mol. The van der Waals surface area contributed by atoms with E-state index in [-0.39, 0.29) is 17.3 Å². The number of anilines is 1. The van der Waals surface area contributed by atoms with Gasteiger partial charge in [-0.2, -0.15) is 0 Å². The molecule has 3 rings (SSSR count). The molecule has 0 fully saturated rings. The fourth-order valence-corrected chi connectivity index (χ4v) is 5.78. The van der Waals surface area contributed by atoms with E-state index in [0.717, 1.165) is 9.87 Å². The van der Waals surface area contributed by atoms with Crippen molar-refractivity contribution in [3.63, 3.8) is 0 Å². The fourth-order valence-electron chi connectivity index (χ4n) is 4.09. The minimum absolute atomic E-state index is 0.0310. The van der Waals surface area contributed by atoms with Crippen LogP contribution < -0.4 is 9.62 Å². The Bertz CT molecular complexity index is 1440. The molecule has 0 heterocycles. The first-order valence-electron chi connectivity index (χ1n) is 12.7. The van der Waals surface area contributed by atoms with Crippen molar-refractivity contribution in [2.24, 2.45) is 0 Å². The summed E-state index contributed by atoms with van der Waals surface area (Å²) in [5.41, 5.74) is 2.07. The average Bonchev–Trinajstić information content (AvgIpc) is 2.87. The Morgan fingerprint density at radius 1 is 0.949 bits per heavy atom. The molecule has 208 valence electrons. The van der Waals surface area contributed by atoms with Gasteiger partial charge < -0.3 is 10.2 Å². The van der Waals surface area contributed by atoms with Gasteiger partial charge in [0.15, 0.2) is 0 Å². The van der Waals surface area contributed by atoms with Crippen molar-refractivity contribution in [3.05, 3.63) is 94.5 Å². The fraction of sp³-hybridized carbons (Fsp3) is 0.333. The smallest absolute Gasteiger partial charge is 0.264 e. The number of benzene rings is 3. The Morgan fingerprint density at radius 3 is 2.18 bits per heavy atom. The minimum Gasteiger partial charge on any atom is -0.350 e. The zero-order chi connectivity index (χ0) is 29.0. The molecular formula is C30H36ClN3O4S.